The molecule has 2 aromatic carbocycles. The van der Waals surface area contributed by atoms with Crippen LogP contribution in [0.2, 0.25) is 5.02 Å². The smallest absolute Gasteiger partial charge is 0.240 e. The highest BCUT2D eigenvalue weighted by Gasteiger charge is 2.30. The Morgan fingerprint density at radius 2 is 1.85 bits per heavy atom. The highest BCUT2D eigenvalue weighted by molar-refractivity contribution is 8.00. The van der Waals surface area contributed by atoms with Gasteiger partial charge < -0.3 is 4.90 Å². The summed E-state index contributed by atoms with van der Waals surface area (Å²) in [6, 6.07) is 17.4. The maximum absolute atomic E-state index is 13.2. The lowest BCUT2D eigenvalue weighted by atomic mass is 10.1. The number of rotatable bonds is 5. The second-order valence-corrected chi connectivity index (χ2v) is 7.91. The van der Waals surface area contributed by atoms with E-state index in [1.165, 1.54) is 11.8 Å². The number of halogens is 1. The topological polar surface area (TPSA) is 51.0 Å². The Labute approximate surface area is 167 Å². The van der Waals surface area contributed by atoms with Crippen LogP contribution >= 0.6 is 23.4 Å². The minimum atomic E-state index is -0.355. The van der Waals surface area contributed by atoms with Crippen LogP contribution in [0.3, 0.4) is 0 Å². The number of thioether (sulfide) groups is 1. The zero-order valence-electron chi connectivity index (χ0n) is 14.7. The summed E-state index contributed by atoms with van der Waals surface area (Å²) in [6.45, 7) is 1.65. The molecule has 1 aliphatic heterocycles. The maximum Gasteiger partial charge on any atom is 0.240 e. The Morgan fingerprint density at radius 3 is 2.59 bits per heavy atom. The van der Waals surface area contributed by atoms with E-state index in [9.17, 15) is 4.79 Å². The van der Waals surface area contributed by atoms with E-state index in [0.717, 1.165) is 37.2 Å². The van der Waals surface area contributed by atoms with Crippen molar-refractivity contribution >= 4 is 29.3 Å². The molecule has 1 atom stereocenters. The van der Waals surface area contributed by atoms with Crippen molar-refractivity contribution in [1.82, 2.24) is 19.7 Å². The fraction of sp³-hybridized carbons (Fsp3) is 0.250. The average Bonchev–Trinajstić information content (AvgIpc) is 3.38. The number of amides is 1. The van der Waals surface area contributed by atoms with E-state index in [-0.39, 0.29) is 11.2 Å². The summed E-state index contributed by atoms with van der Waals surface area (Å²) in [6.07, 6.45) is 3.78. The summed E-state index contributed by atoms with van der Waals surface area (Å²) in [5.41, 5.74) is 1.84. The van der Waals surface area contributed by atoms with E-state index >= 15 is 0 Å². The molecule has 5 nitrogen and oxygen atoms in total. The van der Waals surface area contributed by atoms with E-state index in [1.54, 1.807) is 6.33 Å². The molecule has 7 heteroatoms. The second kappa shape index (κ2) is 8.15. The van der Waals surface area contributed by atoms with Crippen LogP contribution in [0.1, 0.15) is 23.7 Å². The second-order valence-electron chi connectivity index (χ2n) is 6.40. The quantitative estimate of drug-likeness (QED) is 0.598. The van der Waals surface area contributed by atoms with Gasteiger partial charge in [-0.2, -0.15) is 0 Å². The number of carbonyl (C=O) groups excluding carboxylic acids is 1. The number of nitrogens with zero attached hydrogens (tertiary/aromatic N) is 4. The van der Waals surface area contributed by atoms with E-state index < -0.39 is 0 Å². The molecular weight excluding hydrogens is 380 g/mol. The average molecular weight is 399 g/mol. The van der Waals surface area contributed by atoms with E-state index in [1.807, 2.05) is 64.1 Å². The Kier molecular flexibility index (Phi) is 5.45. The highest BCUT2D eigenvalue weighted by Crippen LogP contribution is 2.37. The minimum Gasteiger partial charge on any atom is -0.341 e. The van der Waals surface area contributed by atoms with Crippen LogP contribution in [0.5, 0.6) is 0 Å². The Hall–Kier alpha value is -2.31. The molecule has 1 amide bonds. The number of hydrogen-bond donors (Lipinski definition) is 0. The summed E-state index contributed by atoms with van der Waals surface area (Å²) >= 11 is 7.56. The Balaban J connectivity index is 1.67. The molecule has 1 fully saturated rings. The van der Waals surface area contributed by atoms with Crippen LogP contribution in [0.25, 0.3) is 5.69 Å². The molecule has 138 valence electrons. The van der Waals surface area contributed by atoms with Gasteiger partial charge in [0, 0.05) is 18.1 Å². The molecular formula is C20H19ClN4OS. The van der Waals surface area contributed by atoms with Gasteiger partial charge in [0.1, 0.15) is 11.6 Å². The molecule has 0 saturated carbocycles. The molecule has 0 aliphatic carbocycles. The summed E-state index contributed by atoms with van der Waals surface area (Å²) in [7, 11) is 0. The molecule has 2 heterocycles. The maximum atomic E-state index is 13.2. The molecule has 0 N–H and O–H groups in total. The number of hydrogen-bond acceptors (Lipinski definition) is 4. The van der Waals surface area contributed by atoms with Crippen LogP contribution in [-0.2, 0) is 4.79 Å². The van der Waals surface area contributed by atoms with E-state index in [0.29, 0.717) is 10.2 Å². The fourth-order valence-corrected chi connectivity index (χ4v) is 4.50. The zero-order valence-corrected chi connectivity index (χ0v) is 16.2. The van der Waals surface area contributed by atoms with Gasteiger partial charge in [-0.1, -0.05) is 59.8 Å². The van der Waals surface area contributed by atoms with Gasteiger partial charge in [-0.15, -0.1) is 10.2 Å². The number of carbonyl (C=O) groups is 1. The van der Waals surface area contributed by atoms with Crippen molar-refractivity contribution in [3.8, 4) is 5.69 Å². The zero-order chi connectivity index (χ0) is 18.6. The van der Waals surface area contributed by atoms with Crippen LogP contribution in [0.15, 0.2) is 66.1 Å². The Bertz CT molecular complexity index is 924. The van der Waals surface area contributed by atoms with Crippen molar-refractivity contribution in [3.05, 3.63) is 71.5 Å². The third-order valence-corrected chi connectivity index (χ3v) is 6.00. The molecule has 0 radical (unpaired) electrons. The third kappa shape index (κ3) is 4.01. The predicted octanol–water partition coefficient (Wildman–Crippen LogP) is 4.38. The van der Waals surface area contributed by atoms with Crippen molar-refractivity contribution in [2.75, 3.05) is 13.1 Å². The standard InChI is InChI=1S/C20H19ClN4OS/c21-16-9-6-10-17(13-16)25-14-22-23-20(25)27-18(15-7-2-1-3-8-15)19(26)24-11-4-5-12-24/h1-3,6-10,13-14,18H,4-5,11-12H2. The lowest BCUT2D eigenvalue weighted by Gasteiger charge is -2.23. The lowest BCUT2D eigenvalue weighted by Crippen LogP contribution is -2.31. The minimum absolute atomic E-state index is 0.129. The Morgan fingerprint density at radius 1 is 1.07 bits per heavy atom. The molecule has 1 aromatic heterocycles. The molecule has 0 spiro atoms. The summed E-state index contributed by atoms with van der Waals surface area (Å²) in [5.74, 6) is 0.129. The first-order chi connectivity index (χ1) is 13.2. The molecule has 1 unspecified atom stereocenters. The number of likely N-dealkylation sites (tertiary alicyclic amines) is 1. The molecule has 1 saturated heterocycles. The third-order valence-electron chi connectivity index (χ3n) is 4.57. The van der Waals surface area contributed by atoms with Crippen molar-refractivity contribution in [2.45, 2.75) is 23.2 Å². The van der Waals surface area contributed by atoms with Crippen molar-refractivity contribution < 1.29 is 4.79 Å². The summed E-state index contributed by atoms with van der Waals surface area (Å²) in [4.78, 5) is 15.1. The SMILES string of the molecule is O=C(C(Sc1nncn1-c1cccc(Cl)c1)c1ccccc1)N1CCCC1. The molecule has 3 aromatic rings. The van der Waals surface area contributed by atoms with Crippen LogP contribution in [0.4, 0.5) is 0 Å². The molecule has 0 bridgehead atoms. The van der Waals surface area contributed by atoms with Gasteiger partial charge in [0.2, 0.25) is 5.91 Å². The van der Waals surface area contributed by atoms with Crippen LogP contribution in [0, 0.1) is 0 Å². The van der Waals surface area contributed by atoms with Crippen molar-refractivity contribution in [3.63, 3.8) is 0 Å². The van der Waals surface area contributed by atoms with Crippen LogP contribution < -0.4 is 0 Å². The lowest BCUT2D eigenvalue weighted by molar-refractivity contribution is -0.129. The largest absolute Gasteiger partial charge is 0.341 e. The molecule has 27 heavy (non-hydrogen) atoms. The molecule has 4 rings (SSSR count). The van der Waals surface area contributed by atoms with E-state index in [4.69, 9.17) is 11.6 Å². The van der Waals surface area contributed by atoms with Gasteiger partial charge >= 0.3 is 0 Å². The van der Waals surface area contributed by atoms with Gasteiger partial charge in [-0.05, 0) is 36.6 Å². The first-order valence-electron chi connectivity index (χ1n) is 8.89. The van der Waals surface area contributed by atoms with E-state index in [2.05, 4.69) is 10.2 Å². The van der Waals surface area contributed by atoms with Crippen molar-refractivity contribution in [2.24, 2.45) is 0 Å². The fourth-order valence-electron chi connectivity index (χ4n) is 3.21. The van der Waals surface area contributed by atoms with Gasteiger partial charge in [-0.25, -0.2) is 0 Å². The molecule has 1 aliphatic rings. The van der Waals surface area contributed by atoms with Gasteiger partial charge in [-0.3, -0.25) is 9.36 Å². The summed E-state index contributed by atoms with van der Waals surface area (Å²) < 4.78 is 1.86. The first kappa shape index (κ1) is 18.1. The van der Waals surface area contributed by atoms with Gasteiger partial charge in [0.15, 0.2) is 5.16 Å². The normalized spacial score (nSPS) is 15.1. The monoisotopic (exact) mass is 398 g/mol. The summed E-state index contributed by atoms with van der Waals surface area (Å²) in [5, 5.41) is 9.27. The predicted molar refractivity (Wildman–Crippen MR) is 107 cm³/mol. The van der Waals surface area contributed by atoms with Gasteiger partial charge in [0.25, 0.3) is 0 Å². The number of aromatic nitrogens is 3. The first-order valence-corrected chi connectivity index (χ1v) is 10.1. The van der Waals surface area contributed by atoms with Crippen molar-refractivity contribution in [1.29, 1.82) is 0 Å². The van der Waals surface area contributed by atoms with Gasteiger partial charge in [0.05, 0.1) is 5.69 Å². The van der Waals surface area contributed by atoms with Crippen LogP contribution in [-0.4, -0.2) is 38.7 Å². The number of benzene rings is 2. The highest BCUT2D eigenvalue weighted by atomic mass is 35.5.